The first-order valence-corrected chi connectivity index (χ1v) is 10.9. The number of nitrogen functional groups attached to an aromatic ring is 1. The van der Waals surface area contributed by atoms with E-state index < -0.39 is 17.9 Å². The van der Waals surface area contributed by atoms with Gasteiger partial charge in [-0.05, 0) is 47.7 Å². The van der Waals surface area contributed by atoms with Crippen LogP contribution in [0.1, 0.15) is 34.8 Å². The van der Waals surface area contributed by atoms with Crippen LogP contribution in [-0.2, 0) is 16.0 Å². The standard InChI is InChI=1S/C27H29N3O3/c1-3-24(23(27(32)33-2)17-18-8-7-11-22(16-18)25(28)29)30-26(31)21-14-12-20(13-15-21)19-9-5-4-6-10-19/h4-16,23-24H,3,17H2,1-2H3,(H3,28,29)(H,30,31)/t23-,24?/m1/s1. The number of carbonyl (C=O) groups excluding carboxylic acids is 2. The van der Waals surface area contributed by atoms with Crippen LogP contribution in [0.4, 0.5) is 0 Å². The Hall–Kier alpha value is -3.93. The van der Waals surface area contributed by atoms with E-state index in [1.807, 2.05) is 55.5 Å². The Morgan fingerprint density at radius 2 is 1.61 bits per heavy atom. The van der Waals surface area contributed by atoms with E-state index in [1.165, 1.54) is 7.11 Å². The minimum Gasteiger partial charge on any atom is -0.469 e. The monoisotopic (exact) mass is 443 g/mol. The summed E-state index contributed by atoms with van der Waals surface area (Å²) >= 11 is 0. The smallest absolute Gasteiger partial charge is 0.311 e. The van der Waals surface area contributed by atoms with Gasteiger partial charge in [0.25, 0.3) is 5.91 Å². The molecule has 0 aliphatic rings. The first-order valence-electron chi connectivity index (χ1n) is 10.9. The number of methoxy groups -OCH3 is 1. The minimum atomic E-state index is -0.574. The third kappa shape index (κ3) is 6.07. The summed E-state index contributed by atoms with van der Waals surface area (Å²) in [6, 6.07) is 24.1. The van der Waals surface area contributed by atoms with Crippen molar-refractivity contribution in [1.29, 1.82) is 5.41 Å². The van der Waals surface area contributed by atoms with Crippen molar-refractivity contribution < 1.29 is 14.3 Å². The maximum Gasteiger partial charge on any atom is 0.311 e. The molecule has 0 bridgehead atoms. The lowest BCUT2D eigenvalue weighted by molar-refractivity contribution is -0.146. The number of benzene rings is 3. The Bertz CT molecular complexity index is 1110. The highest BCUT2D eigenvalue weighted by atomic mass is 16.5. The molecular weight excluding hydrogens is 414 g/mol. The molecule has 0 aliphatic heterocycles. The maximum atomic E-state index is 13.0. The van der Waals surface area contributed by atoms with Gasteiger partial charge in [-0.25, -0.2) is 0 Å². The highest BCUT2D eigenvalue weighted by Gasteiger charge is 2.30. The Morgan fingerprint density at radius 3 is 2.21 bits per heavy atom. The van der Waals surface area contributed by atoms with Gasteiger partial charge < -0.3 is 15.8 Å². The van der Waals surface area contributed by atoms with Crippen molar-refractivity contribution in [3.05, 3.63) is 95.6 Å². The van der Waals surface area contributed by atoms with Crippen LogP contribution in [0.2, 0.25) is 0 Å². The summed E-state index contributed by atoms with van der Waals surface area (Å²) in [5.41, 5.74) is 9.66. The zero-order valence-corrected chi connectivity index (χ0v) is 18.9. The van der Waals surface area contributed by atoms with Crippen LogP contribution in [0.25, 0.3) is 11.1 Å². The van der Waals surface area contributed by atoms with Gasteiger partial charge in [0, 0.05) is 17.2 Å². The number of hydrogen-bond donors (Lipinski definition) is 3. The zero-order valence-electron chi connectivity index (χ0n) is 18.9. The molecular formula is C27H29N3O3. The maximum absolute atomic E-state index is 13.0. The van der Waals surface area contributed by atoms with Crippen LogP contribution in [0.15, 0.2) is 78.9 Å². The van der Waals surface area contributed by atoms with E-state index in [0.29, 0.717) is 24.0 Å². The molecule has 6 heteroatoms. The molecule has 0 aromatic heterocycles. The summed E-state index contributed by atoms with van der Waals surface area (Å²) < 4.78 is 5.04. The Balaban J connectivity index is 1.77. The molecule has 6 nitrogen and oxygen atoms in total. The van der Waals surface area contributed by atoms with E-state index in [1.54, 1.807) is 30.3 Å². The van der Waals surface area contributed by atoms with Crippen molar-refractivity contribution >= 4 is 17.7 Å². The third-order valence-electron chi connectivity index (χ3n) is 5.69. The largest absolute Gasteiger partial charge is 0.469 e. The fraction of sp³-hybridized carbons (Fsp3) is 0.222. The Labute approximate surface area is 194 Å². The van der Waals surface area contributed by atoms with Crippen LogP contribution in [0.5, 0.6) is 0 Å². The summed E-state index contributed by atoms with van der Waals surface area (Å²) in [5, 5.41) is 10.7. The normalized spacial score (nSPS) is 12.4. The summed E-state index contributed by atoms with van der Waals surface area (Å²) in [6.45, 7) is 1.92. The van der Waals surface area contributed by atoms with Gasteiger partial charge in [0.05, 0.1) is 13.0 Å². The number of amides is 1. The summed E-state index contributed by atoms with van der Waals surface area (Å²) in [5.74, 6) is -1.25. The molecule has 0 spiro atoms. The van der Waals surface area contributed by atoms with Crippen molar-refractivity contribution in [3.8, 4) is 11.1 Å². The van der Waals surface area contributed by atoms with Crippen molar-refractivity contribution in [3.63, 3.8) is 0 Å². The molecule has 1 amide bonds. The highest BCUT2D eigenvalue weighted by molar-refractivity contribution is 5.95. The van der Waals surface area contributed by atoms with Crippen molar-refractivity contribution in [2.75, 3.05) is 7.11 Å². The molecule has 4 N–H and O–H groups in total. The first-order chi connectivity index (χ1) is 15.9. The predicted octanol–water partition coefficient (Wildman–Crippen LogP) is 4.18. The molecule has 3 aromatic rings. The lowest BCUT2D eigenvalue weighted by atomic mass is 9.89. The highest BCUT2D eigenvalue weighted by Crippen LogP contribution is 2.21. The minimum absolute atomic E-state index is 0.0363. The van der Waals surface area contributed by atoms with Gasteiger partial charge in [-0.1, -0.05) is 67.6 Å². The van der Waals surface area contributed by atoms with E-state index in [-0.39, 0.29) is 11.7 Å². The van der Waals surface area contributed by atoms with E-state index in [9.17, 15) is 9.59 Å². The fourth-order valence-corrected chi connectivity index (χ4v) is 3.84. The molecule has 0 fully saturated rings. The van der Waals surface area contributed by atoms with Gasteiger partial charge >= 0.3 is 5.97 Å². The molecule has 0 aliphatic carbocycles. The summed E-state index contributed by atoms with van der Waals surface area (Å²) in [7, 11) is 1.35. The van der Waals surface area contributed by atoms with Gasteiger partial charge in [-0.2, -0.15) is 0 Å². The number of ether oxygens (including phenoxy) is 1. The molecule has 170 valence electrons. The second-order valence-corrected chi connectivity index (χ2v) is 7.88. The number of amidine groups is 1. The Kier molecular flexibility index (Phi) is 7.97. The number of hydrogen-bond acceptors (Lipinski definition) is 4. The number of esters is 1. The zero-order chi connectivity index (χ0) is 23.8. The molecule has 1 unspecified atom stereocenters. The average Bonchev–Trinajstić information content (AvgIpc) is 2.86. The third-order valence-corrected chi connectivity index (χ3v) is 5.69. The molecule has 0 heterocycles. The van der Waals surface area contributed by atoms with Crippen LogP contribution < -0.4 is 11.1 Å². The fourth-order valence-electron chi connectivity index (χ4n) is 3.84. The Morgan fingerprint density at radius 1 is 0.939 bits per heavy atom. The van der Waals surface area contributed by atoms with E-state index in [0.717, 1.165) is 16.7 Å². The lowest BCUT2D eigenvalue weighted by Gasteiger charge is -2.25. The number of carbonyl (C=O) groups is 2. The van der Waals surface area contributed by atoms with Crippen molar-refractivity contribution in [2.24, 2.45) is 11.7 Å². The number of rotatable bonds is 9. The predicted molar refractivity (Wildman–Crippen MR) is 130 cm³/mol. The van der Waals surface area contributed by atoms with Gasteiger partial charge in [0.15, 0.2) is 0 Å². The van der Waals surface area contributed by atoms with Crippen LogP contribution >= 0.6 is 0 Å². The SMILES string of the molecule is CCC(NC(=O)c1ccc(-c2ccccc2)cc1)[C@@H](Cc1cccc(C(=N)N)c1)C(=O)OC. The molecule has 3 rings (SSSR count). The topological polar surface area (TPSA) is 105 Å². The lowest BCUT2D eigenvalue weighted by Crippen LogP contribution is -2.44. The number of nitrogens with one attached hydrogen (secondary N) is 2. The number of nitrogens with two attached hydrogens (primary N) is 1. The summed E-state index contributed by atoms with van der Waals surface area (Å²) in [4.78, 5) is 25.6. The second-order valence-electron chi connectivity index (χ2n) is 7.88. The molecule has 0 saturated carbocycles. The average molecular weight is 444 g/mol. The van der Waals surface area contributed by atoms with Crippen molar-refractivity contribution in [2.45, 2.75) is 25.8 Å². The van der Waals surface area contributed by atoms with Crippen LogP contribution in [-0.4, -0.2) is 30.9 Å². The van der Waals surface area contributed by atoms with E-state index >= 15 is 0 Å². The van der Waals surface area contributed by atoms with Gasteiger partial charge in [-0.15, -0.1) is 0 Å². The molecule has 3 aromatic carbocycles. The molecule has 33 heavy (non-hydrogen) atoms. The quantitative estimate of drug-likeness (QED) is 0.262. The van der Waals surface area contributed by atoms with Crippen LogP contribution in [0.3, 0.4) is 0 Å². The summed E-state index contributed by atoms with van der Waals surface area (Å²) in [6.07, 6.45) is 0.916. The van der Waals surface area contributed by atoms with Gasteiger partial charge in [0.1, 0.15) is 5.84 Å². The molecule has 2 atom stereocenters. The van der Waals surface area contributed by atoms with Crippen molar-refractivity contribution in [1.82, 2.24) is 5.32 Å². The first kappa shape index (κ1) is 23.7. The molecule has 0 radical (unpaired) electrons. The second kappa shape index (κ2) is 11.1. The van der Waals surface area contributed by atoms with E-state index in [4.69, 9.17) is 15.9 Å². The van der Waals surface area contributed by atoms with Gasteiger partial charge in [-0.3, -0.25) is 15.0 Å². The van der Waals surface area contributed by atoms with Crippen LogP contribution in [0, 0.1) is 11.3 Å². The van der Waals surface area contributed by atoms with E-state index in [2.05, 4.69) is 5.32 Å². The molecule has 0 saturated heterocycles. The van der Waals surface area contributed by atoms with Gasteiger partial charge in [0.2, 0.25) is 0 Å².